The average Bonchev–Trinajstić information content (AvgIpc) is 2.80. The van der Waals surface area contributed by atoms with Gasteiger partial charge in [-0.3, -0.25) is 9.59 Å². The van der Waals surface area contributed by atoms with Crippen molar-refractivity contribution in [2.75, 3.05) is 17.7 Å². The predicted molar refractivity (Wildman–Crippen MR) is 123 cm³/mol. The summed E-state index contributed by atoms with van der Waals surface area (Å²) in [6.45, 7) is 4.20. The third-order valence-electron chi connectivity index (χ3n) is 6.72. The van der Waals surface area contributed by atoms with Gasteiger partial charge < -0.3 is 20.3 Å². The Morgan fingerprint density at radius 1 is 1.12 bits per heavy atom. The Balaban J connectivity index is 1.68. The van der Waals surface area contributed by atoms with Gasteiger partial charge >= 0.3 is 6.03 Å². The van der Waals surface area contributed by atoms with E-state index in [1.165, 1.54) is 0 Å². The summed E-state index contributed by atoms with van der Waals surface area (Å²) >= 11 is 0. The van der Waals surface area contributed by atoms with Gasteiger partial charge in [-0.05, 0) is 61.6 Å². The van der Waals surface area contributed by atoms with E-state index in [-0.39, 0.29) is 11.9 Å². The zero-order valence-corrected chi connectivity index (χ0v) is 18.8. The van der Waals surface area contributed by atoms with Gasteiger partial charge in [-0.25, -0.2) is 4.79 Å². The zero-order valence-electron chi connectivity index (χ0n) is 18.8. The summed E-state index contributed by atoms with van der Waals surface area (Å²) in [6.07, 6.45) is 4.79. The monoisotopic (exact) mass is 435 g/mol. The van der Waals surface area contributed by atoms with E-state index in [2.05, 4.69) is 10.6 Å². The number of rotatable bonds is 5. The summed E-state index contributed by atoms with van der Waals surface area (Å²) in [4.78, 5) is 39.8. The molecule has 1 heterocycles. The number of nitrogens with zero attached hydrogens (tertiary/aromatic N) is 1. The van der Waals surface area contributed by atoms with Gasteiger partial charge in [0.15, 0.2) is 0 Å². The molecule has 1 fully saturated rings. The summed E-state index contributed by atoms with van der Waals surface area (Å²) in [5.41, 5.74) is 3.71. The molecule has 1 saturated carbocycles. The van der Waals surface area contributed by atoms with Gasteiger partial charge in [0.2, 0.25) is 5.91 Å². The van der Waals surface area contributed by atoms with E-state index in [0.29, 0.717) is 42.1 Å². The quantitative estimate of drug-likeness (QED) is 0.660. The molecule has 2 aromatic rings. The number of ether oxygens (including phenoxy) is 1. The van der Waals surface area contributed by atoms with Crippen LogP contribution in [0.3, 0.4) is 0 Å². The molecule has 1 aliphatic heterocycles. The van der Waals surface area contributed by atoms with Crippen molar-refractivity contribution in [3.05, 3.63) is 52.6 Å². The Bertz CT molecular complexity index is 1070. The molecule has 4 rings (SSSR count). The average molecular weight is 436 g/mol. The van der Waals surface area contributed by atoms with Crippen LogP contribution in [0.2, 0.25) is 0 Å². The lowest BCUT2D eigenvalue weighted by molar-refractivity contribution is -0.128. The van der Waals surface area contributed by atoms with Crippen molar-refractivity contribution in [1.82, 2.24) is 4.90 Å². The Labute approximate surface area is 188 Å². The largest absolute Gasteiger partial charge is 0.496 e. The van der Waals surface area contributed by atoms with Crippen molar-refractivity contribution >= 4 is 29.6 Å². The smallest absolute Gasteiger partial charge is 0.323 e. The first-order chi connectivity index (χ1) is 15.4. The maximum absolute atomic E-state index is 13.7. The third kappa shape index (κ3) is 3.83. The maximum Gasteiger partial charge on any atom is 0.323 e. The Hall–Kier alpha value is -3.35. The molecule has 2 aromatic carbocycles. The highest BCUT2D eigenvalue weighted by Gasteiger charge is 2.48. The van der Waals surface area contributed by atoms with Crippen LogP contribution in [0.5, 0.6) is 5.75 Å². The number of benzene rings is 2. The fourth-order valence-electron chi connectivity index (χ4n) is 4.89. The minimum atomic E-state index is -0.937. The normalized spacial score (nSPS) is 17.2. The number of amides is 3. The number of nitrogens with one attached hydrogen (secondary N) is 2. The maximum atomic E-state index is 13.7. The molecule has 0 aromatic heterocycles. The van der Waals surface area contributed by atoms with Crippen molar-refractivity contribution in [3.63, 3.8) is 0 Å². The molecule has 32 heavy (non-hydrogen) atoms. The van der Waals surface area contributed by atoms with Crippen molar-refractivity contribution in [3.8, 4) is 5.75 Å². The van der Waals surface area contributed by atoms with Crippen molar-refractivity contribution in [1.29, 1.82) is 0 Å². The SMILES string of the molecule is COc1cc(NC(=O)C2(N3Cc4c(C)cc(C=O)cc4NC3=O)CCCCC2)ccc1C. The summed E-state index contributed by atoms with van der Waals surface area (Å²) in [5.74, 6) is 0.524. The molecular weight excluding hydrogens is 406 g/mol. The van der Waals surface area contributed by atoms with E-state index in [1.54, 1.807) is 24.1 Å². The van der Waals surface area contributed by atoms with Gasteiger partial charge in [0, 0.05) is 23.0 Å². The number of hydrogen-bond acceptors (Lipinski definition) is 4. The fourth-order valence-corrected chi connectivity index (χ4v) is 4.89. The number of aldehydes is 1. The molecule has 2 aliphatic rings. The summed E-state index contributed by atoms with van der Waals surface area (Å²) < 4.78 is 5.39. The van der Waals surface area contributed by atoms with Crippen LogP contribution in [-0.2, 0) is 11.3 Å². The van der Waals surface area contributed by atoms with E-state index in [4.69, 9.17) is 4.74 Å². The number of anilines is 2. The molecule has 0 saturated heterocycles. The Morgan fingerprint density at radius 3 is 2.56 bits per heavy atom. The summed E-state index contributed by atoms with van der Waals surface area (Å²) in [5, 5.41) is 5.96. The molecule has 0 unspecified atom stereocenters. The van der Waals surface area contributed by atoms with Crippen LogP contribution in [0, 0.1) is 13.8 Å². The molecule has 2 N–H and O–H groups in total. The molecule has 0 atom stereocenters. The van der Waals surface area contributed by atoms with Gasteiger partial charge in [-0.15, -0.1) is 0 Å². The zero-order chi connectivity index (χ0) is 22.9. The molecule has 3 amide bonds. The number of urea groups is 1. The topological polar surface area (TPSA) is 87.7 Å². The minimum absolute atomic E-state index is 0.177. The van der Waals surface area contributed by atoms with Crippen molar-refractivity contribution in [2.45, 2.75) is 58.0 Å². The van der Waals surface area contributed by atoms with Crippen LogP contribution in [0.1, 0.15) is 59.2 Å². The summed E-state index contributed by atoms with van der Waals surface area (Å²) in [6, 6.07) is 8.76. The molecular formula is C25H29N3O4. The van der Waals surface area contributed by atoms with Gasteiger partial charge in [0.1, 0.15) is 17.6 Å². The Morgan fingerprint density at radius 2 is 1.88 bits per heavy atom. The van der Waals surface area contributed by atoms with E-state index in [0.717, 1.165) is 42.2 Å². The number of carbonyl (C=O) groups excluding carboxylic acids is 3. The number of methoxy groups -OCH3 is 1. The van der Waals surface area contributed by atoms with E-state index < -0.39 is 5.54 Å². The number of hydrogen-bond donors (Lipinski definition) is 2. The number of fused-ring (bicyclic) bond motifs is 1. The van der Waals surface area contributed by atoms with Crippen LogP contribution in [0.4, 0.5) is 16.2 Å². The molecule has 7 heteroatoms. The third-order valence-corrected chi connectivity index (χ3v) is 6.72. The summed E-state index contributed by atoms with van der Waals surface area (Å²) in [7, 11) is 1.60. The first kappa shape index (κ1) is 21.9. The highest BCUT2D eigenvalue weighted by atomic mass is 16.5. The lowest BCUT2D eigenvalue weighted by atomic mass is 9.78. The van der Waals surface area contributed by atoms with E-state index in [1.807, 2.05) is 32.0 Å². The van der Waals surface area contributed by atoms with Crippen molar-refractivity contribution in [2.24, 2.45) is 0 Å². The van der Waals surface area contributed by atoms with Gasteiger partial charge in [0.05, 0.1) is 13.7 Å². The van der Waals surface area contributed by atoms with Crippen molar-refractivity contribution < 1.29 is 19.1 Å². The number of carbonyl (C=O) groups is 3. The highest BCUT2D eigenvalue weighted by molar-refractivity contribution is 6.03. The molecule has 168 valence electrons. The fraction of sp³-hybridized carbons (Fsp3) is 0.400. The Kier molecular flexibility index (Phi) is 5.91. The molecule has 0 spiro atoms. The van der Waals surface area contributed by atoms with Crippen LogP contribution < -0.4 is 15.4 Å². The van der Waals surface area contributed by atoms with Crippen LogP contribution in [0.15, 0.2) is 30.3 Å². The van der Waals surface area contributed by atoms with Gasteiger partial charge in [-0.1, -0.05) is 25.3 Å². The molecule has 0 bridgehead atoms. The second-order valence-corrected chi connectivity index (χ2v) is 8.73. The second-order valence-electron chi connectivity index (χ2n) is 8.73. The standard InChI is InChI=1S/C25H29N3O4/c1-16-7-8-19(13-22(16)32-3)26-23(30)25(9-5-4-6-10-25)28-14-20-17(2)11-18(15-29)12-21(20)27-24(28)31/h7-8,11-13,15H,4-6,9-10,14H2,1-3H3,(H,26,30)(H,27,31). The molecule has 7 nitrogen and oxygen atoms in total. The second kappa shape index (κ2) is 8.65. The molecule has 1 aliphatic carbocycles. The lowest BCUT2D eigenvalue weighted by Crippen LogP contribution is -2.61. The predicted octanol–water partition coefficient (Wildman–Crippen LogP) is 4.81. The van der Waals surface area contributed by atoms with Gasteiger partial charge in [-0.2, -0.15) is 0 Å². The minimum Gasteiger partial charge on any atom is -0.496 e. The van der Waals surface area contributed by atoms with Gasteiger partial charge in [0.25, 0.3) is 0 Å². The van der Waals surface area contributed by atoms with Crippen LogP contribution in [-0.4, -0.2) is 35.8 Å². The highest BCUT2D eigenvalue weighted by Crippen LogP contribution is 2.40. The van der Waals surface area contributed by atoms with Crippen LogP contribution in [0.25, 0.3) is 0 Å². The first-order valence-electron chi connectivity index (χ1n) is 11.0. The van der Waals surface area contributed by atoms with E-state index >= 15 is 0 Å². The first-order valence-corrected chi connectivity index (χ1v) is 11.0. The number of aryl methyl sites for hydroxylation is 2. The van der Waals surface area contributed by atoms with E-state index in [9.17, 15) is 14.4 Å². The molecule has 0 radical (unpaired) electrons. The lowest BCUT2D eigenvalue weighted by Gasteiger charge is -2.47. The van der Waals surface area contributed by atoms with Crippen LogP contribution >= 0.6 is 0 Å².